The zero-order valence-corrected chi connectivity index (χ0v) is 13.3. The molecule has 8 heteroatoms. The molecule has 2 fully saturated rings. The fraction of sp³-hybridized carbons (Fsp3) is 0.733. The van der Waals surface area contributed by atoms with E-state index in [1.165, 1.54) is 0 Å². The number of carbonyl (C=O) groups excluding carboxylic acids is 1. The lowest BCUT2D eigenvalue weighted by Crippen LogP contribution is -2.59. The van der Waals surface area contributed by atoms with Crippen molar-refractivity contribution in [1.29, 1.82) is 5.26 Å². The van der Waals surface area contributed by atoms with Gasteiger partial charge >= 0.3 is 0 Å². The van der Waals surface area contributed by atoms with Crippen LogP contribution >= 0.6 is 0 Å². The SMILES string of the molecule is CC1C=CNCC1NC(=O)C1C(N)NN2CC(CC#N)CNC12. The molecule has 0 spiro atoms. The second kappa shape index (κ2) is 6.84. The van der Waals surface area contributed by atoms with Crippen LogP contribution in [0.4, 0.5) is 0 Å². The van der Waals surface area contributed by atoms with E-state index in [1.54, 1.807) is 0 Å². The summed E-state index contributed by atoms with van der Waals surface area (Å²) in [5, 5.41) is 20.5. The largest absolute Gasteiger partial charge is 0.389 e. The number of hydrogen-bond acceptors (Lipinski definition) is 7. The maximum absolute atomic E-state index is 12.7. The third-order valence-electron chi connectivity index (χ3n) is 4.95. The molecule has 1 amide bonds. The van der Waals surface area contributed by atoms with Gasteiger partial charge in [-0.15, -0.1) is 0 Å². The predicted molar refractivity (Wildman–Crippen MR) is 85.1 cm³/mol. The highest BCUT2D eigenvalue weighted by molar-refractivity contribution is 5.80. The Bertz CT molecular complexity index is 516. The fourth-order valence-electron chi connectivity index (χ4n) is 3.54. The van der Waals surface area contributed by atoms with E-state index in [2.05, 4.69) is 40.4 Å². The van der Waals surface area contributed by atoms with Gasteiger partial charge in [-0.2, -0.15) is 5.26 Å². The van der Waals surface area contributed by atoms with Crippen LogP contribution in [0.5, 0.6) is 0 Å². The molecule has 8 nitrogen and oxygen atoms in total. The molecule has 0 bridgehead atoms. The Balaban J connectivity index is 1.62. The summed E-state index contributed by atoms with van der Waals surface area (Å²) in [6.07, 6.45) is 3.94. The average Bonchev–Trinajstić information content (AvgIpc) is 2.85. The summed E-state index contributed by atoms with van der Waals surface area (Å²) in [5.74, 6) is 0.167. The van der Waals surface area contributed by atoms with Gasteiger partial charge in [0.25, 0.3) is 0 Å². The van der Waals surface area contributed by atoms with Gasteiger partial charge in [0, 0.05) is 26.1 Å². The summed E-state index contributed by atoms with van der Waals surface area (Å²) in [6.45, 7) is 4.28. The Morgan fingerprint density at radius 1 is 1.52 bits per heavy atom. The smallest absolute Gasteiger partial charge is 0.229 e. The fourth-order valence-corrected chi connectivity index (χ4v) is 3.54. The molecule has 0 aromatic rings. The number of nitrogens with two attached hydrogens (primary N) is 1. The monoisotopic (exact) mass is 319 g/mol. The standard InChI is InChI=1S/C15H25N7O/c1-9-3-5-18-7-11(9)20-15(23)12-13(17)21-22-8-10(2-4-16)6-19-14(12)22/h3,5,9-14,18-19,21H,2,6-8,17H2,1H3,(H,20,23). The van der Waals surface area contributed by atoms with Gasteiger partial charge < -0.3 is 16.4 Å². The third kappa shape index (κ3) is 3.33. The second-order valence-electron chi connectivity index (χ2n) is 6.66. The van der Waals surface area contributed by atoms with E-state index in [4.69, 9.17) is 11.0 Å². The molecular formula is C15H25N7O. The van der Waals surface area contributed by atoms with E-state index in [0.717, 1.165) is 19.6 Å². The number of nitriles is 1. The number of fused-ring (bicyclic) bond motifs is 1. The second-order valence-corrected chi connectivity index (χ2v) is 6.66. The molecule has 3 aliphatic heterocycles. The summed E-state index contributed by atoms with van der Waals surface area (Å²) < 4.78 is 0. The molecule has 3 heterocycles. The molecule has 3 rings (SSSR count). The summed E-state index contributed by atoms with van der Waals surface area (Å²) in [7, 11) is 0. The molecule has 23 heavy (non-hydrogen) atoms. The maximum atomic E-state index is 12.7. The van der Waals surface area contributed by atoms with Gasteiger partial charge in [0.2, 0.25) is 5.91 Å². The van der Waals surface area contributed by atoms with Crippen molar-refractivity contribution in [2.75, 3.05) is 19.6 Å². The minimum absolute atomic E-state index is 0.0299. The molecule has 3 aliphatic rings. The summed E-state index contributed by atoms with van der Waals surface area (Å²) >= 11 is 0. The van der Waals surface area contributed by atoms with Crippen LogP contribution in [0, 0.1) is 29.1 Å². The molecule has 6 N–H and O–H groups in total. The zero-order chi connectivity index (χ0) is 16.4. The van der Waals surface area contributed by atoms with Crippen LogP contribution in [0.2, 0.25) is 0 Å². The number of rotatable bonds is 3. The molecular weight excluding hydrogens is 294 g/mol. The minimum Gasteiger partial charge on any atom is -0.389 e. The van der Waals surface area contributed by atoms with Crippen LogP contribution in [0.25, 0.3) is 0 Å². The van der Waals surface area contributed by atoms with Crippen LogP contribution in [0.15, 0.2) is 12.3 Å². The van der Waals surface area contributed by atoms with E-state index in [-0.39, 0.29) is 30.0 Å². The van der Waals surface area contributed by atoms with E-state index >= 15 is 0 Å². The van der Waals surface area contributed by atoms with Crippen LogP contribution in [0.1, 0.15) is 13.3 Å². The van der Waals surface area contributed by atoms with Crippen LogP contribution < -0.4 is 27.1 Å². The lowest BCUT2D eigenvalue weighted by atomic mass is 9.95. The van der Waals surface area contributed by atoms with Gasteiger partial charge in [0.1, 0.15) is 0 Å². The van der Waals surface area contributed by atoms with Crippen LogP contribution in [0.3, 0.4) is 0 Å². The summed E-state index contributed by atoms with van der Waals surface area (Å²) in [4.78, 5) is 12.7. The Labute approximate surface area is 136 Å². The van der Waals surface area contributed by atoms with Crippen LogP contribution in [-0.4, -0.2) is 48.9 Å². The summed E-state index contributed by atoms with van der Waals surface area (Å²) in [5.41, 5.74) is 9.32. The Morgan fingerprint density at radius 3 is 3.09 bits per heavy atom. The van der Waals surface area contributed by atoms with E-state index < -0.39 is 6.17 Å². The van der Waals surface area contributed by atoms with Gasteiger partial charge in [0.05, 0.1) is 30.4 Å². The lowest BCUT2D eigenvalue weighted by molar-refractivity contribution is -0.127. The Hall–Kier alpha value is -1.66. The van der Waals surface area contributed by atoms with Gasteiger partial charge in [-0.05, 0) is 18.0 Å². The average molecular weight is 319 g/mol. The first-order valence-corrected chi connectivity index (χ1v) is 8.19. The van der Waals surface area contributed by atoms with Crippen LogP contribution in [-0.2, 0) is 4.79 Å². The van der Waals surface area contributed by atoms with Crippen molar-refractivity contribution in [3.63, 3.8) is 0 Å². The number of hydrazine groups is 1. The molecule has 0 aromatic heterocycles. The highest BCUT2D eigenvalue weighted by atomic mass is 16.2. The van der Waals surface area contributed by atoms with Gasteiger partial charge in [-0.3, -0.25) is 10.1 Å². The highest BCUT2D eigenvalue weighted by Gasteiger charge is 2.47. The molecule has 6 atom stereocenters. The van der Waals surface area contributed by atoms with Crippen molar-refractivity contribution >= 4 is 5.91 Å². The normalized spacial score (nSPS) is 40.0. The lowest BCUT2D eigenvalue weighted by Gasteiger charge is -2.36. The topological polar surface area (TPSA) is 118 Å². The molecule has 0 radical (unpaired) electrons. The van der Waals surface area contributed by atoms with Gasteiger partial charge in [-0.1, -0.05) is 13.0 Å². The summed E-state index contributed by atoms with van der Waals surface area (Å²) in [6, 6.07) is 2.28. The molecule has 2 saturated heterocycles. The molecule has 0 aliphatic carbocycles. The minimum atomic E-state index is -0.421. The van der Waals surface area contributed by atoms with E-state index in [9.17, 15) is 4.79 Å². The number of amides is 1. The molecule has 0 saturated carbocycles. The first-order valence-electron chi connectivity index (χ1n) is 8.19. The highest BCUT2D eigenvalue weighted by Crippen LogP contribution is 2.24. The number of nitrogens with one attached hydrogen (secondary N) is 4. The van der Waals surface area contributed by atoms with Gasteiger partial charge in [-0.25, -0.2) is 10.4 Å². The van der Waals surface area contributed by atoms with Crippen molar-refractivity contribution < 1.29 is 4.79 Å². The van der Waals surface area contributed by atoms with Gasteiger partial charge in [0.15, 0.2) is 0 Å². The quantitative estimate of drug-likeness (QED) is 0.425. The van der Waals surface area contributed by atoms with Crippen molar-refractivity contribution in [2.45, 2.75) is 31.7 Å². The third-order valence-corrected chi connectivity index (χ3v) is 4.95. The number of hydrogen-bond donors (Lipinski definition) is 5. The molecule has 0 aromatic carbocycles. The maximum Gasteiger partial charge on any atom is 0.229 e. The first kappa shape index (κ1) is 16.2. The van der Waals surface area contributed by atoms with Crippen molar-refractivity contribution in [1.82, 2.24) is 26.4 Å². The predicted octanol–water partition coefficient (Wildman–Crippen LogP) is -1.60. The number of carbonyl (C=O) groups is 1. The van der Waals surface area contributed by atoms with Crippen molar-refractivity contribution in [3.8, 4) is 6.07 Å². The Kier molecular flexibility index (Phi) is 4.82. The van der Waals surface area contributed by atoms with E-state index in [1.807, 2.05) is 11.2 Å². The van der Waals surface area contributed by atoms with Crippen molar-refractivity contribution in [3.05, 3.63) is 12.3 Å². The molecule has 6 unspecified atom stereocenters. The Morgan fingerprint density at radius 2 is 2.35 bits per heavy atom. The first-order chi connectivity index (χ1) is 11.1. The zero-order valence-electron chi connectivity index (χ0n) is 13.3. The van der Waals surface area contributed by atoms with Crippen molar-refractivity contribution in [2.24, 2.45) is 23.5 Å². The number of nitrogens with zero attached hydrogens (tertiary/aromatic N) is 2. The van der Waals surface area contributed by atoms with E-state index in [0.29, 0.717) is 12.3 Å². The molecule has 126 valence electrons.